The van der Waals surface area contributed by atoms with Crippen molar-refractivity contribution in [3.8, 4) is 0 Å². The summed E-state index contributed by atoms with van der Waals surface area (Å²) in [6.45, 7) is 4.35. The lowest BCUT2D eigenvalue weighted by Crippen LogP contribution is -2.15. The number of nitrogens with one attached hydrogen (secondary N) is 1. The molecule has 152 valence electrons. The number of rotatable bonds is 5. The number of alkyl halides is 2. The van der Waals surface area contributed by atoms with Gasteiger partial charge in [0, 0.05) is 5.56 Å². The summed E-state index contributed by atoms with van der Waals surface area (Å²) in [6.07, 6.45) is -2.98. The molecule has 3 rings (SSSR count). The van der Waals surface area contributed by atoms with Crippen LogP contribution < -0.4 is 10.9 Å². The van der Waals surface area contributed by atoms with Crippen LogP contribution in [0.2, 0.25) is 0 Å². The van der Waals surface area contributed by atoms with Crippen LogP contribution in [0.1, 0.15) is 41.9 Å². The minimum Gasteiger partial charge on any atom is -0.398 e. The van der Waals surface area contributed by atoms with Crippen molar-refractivity contribution in [3.63, 3.8) is 0 Å². The molecule has 11 heteroatoms. The fourth-order valence-corrected chi connectivity index (χ4v) is 3.04. The van der Waals surface area contributed by atoms with Crippen LogP contribution in [0.5, 0.6) is 0 Å². The Kier molecular flexibility index (Phi) is 5.23. The van der Waals surface area contributed by atoms with Gasteiger partial charge in [0.15, 0.2) is 0 Å². The number of hydrogen-bond acceptors (Lipinski definition) is 7. The molecule has 3 aromatic rings. The zero-order chi connectivity index (χ0) is 21.5. The van der Waals surface area contributed by atoms with Crippen LogP contribution >= 0.6 is 0 Å². The Labute approximate surface area is 161 Å². The number of aromatic nitrogens is 2. The van der Waals surface area contributed by atoms with E-state index < -0.39 is 40.1 Å². The molecule has 1 N–H and O–H groups in total. The summed E-state index contributed by atoms with van der Waals surface area (Å²) in [4.78, 5) is 30.4. The first-order chi connectivity index (χ1) is 13.6. The highest BCUT2D eigenvalue weighted by Crippen LogP contribution is 2.32. The molecular weight excluding hydrogens is 393 g/mol. The van der Waals surface area contributed by atoms with Crippen LogP contribution in [0.15, 0.2) is 27.4 Å². The van der Waals surface area contributed by atoms with Crippen LogP contribution in [0.4, 0.5) is 24.7 Å². The van der Waals surface area contributed by atoms with Crippen LogP contribution in [-0.2, 0) is 0 Å². The molecule has 0 saturated carbocycles. The molecule has 0 unspecified atom stereocenters. The average molecular weight is 408 g/mol. The van der Waals surface area contributed by atoms with Crippen LogP contribution in [-0.4, -0.2) is 14.9 Å². The summed E-state index contributed by atoms with van der Waals surface area (Å²) in [5, 5.41) is 14.1. The molecule has 0 saturated heterocycles. The van der Waals surface area contributed by atoms with Crippen molar-refractivity contribution >= 4 is 22.6 Å². The maximum atomic E-state index is 14.5. The average Bonchev–Trinajstić information content (AvgIpc) is 2.60. The predicted molar refractivity (Wildman–Crippen MR) is 97.6 cm³/mol. The second kappa shape index (κ2) is 7.49. The van der Waals surface area contributed by atoms with Crippen LogP contribution in [0.3, 0.4) is 0 Å². The monoisotopic (exact) mass is 408 g/mol. The van der Waals surface area contributed by atoms with Gasteiger partial charge in [-0.05, 0) is 20.8 Å². The molecule has 0 aliphatic heterocycles. The summed E-state index contributed by atoms with van der Waals surface area (Å²) in [5.74, 6) is -0.830. The van der Waals surface area contributed by atoms with Gasteiger partial charge < -0.3 is 9.73 Å². The van der Waals surface area contributed by atoms with Gasteiger partial charge in [0.05, 0.1) is 27.5 Å². The van der Waals surface area contributed by atoms with E-state index in [1.54, 1.807) is 0 Å². The fourth-order valence-electron chi connectivity index (χ4n) is 3.04. The molecule has 2 heterocycles. The van der Waals surface area contributed by atoms with Gasteiger partial charge in [-0.2, -0.15) is 4.98 Å². The van der Waals surface area contributed by atoms with E-state index in [1.807, 2.05) is 0 Å². The zero-order valence-corrected chi connectivity index (χ0v) is 15.5. The molecule has 0 fully saturated rings. The summed E-state index contributed by atoms with van der Waals surface area (Å²) < 4.78 is 45.4. The first-order valence-corrected chi connectivity index (χ1v) is 8.41. The second-order valence-corrected chi connectivity index (χ2v) is 6.34. The van der Waals surface area contributed by atoms with E-state index in [4.69, 9.17) is 4.42 Å². The number of nitrogens with zero attached hydrogens (tertiary/aromatic N) is 3. The van der Waals surface area contributed by atoms with Crippen LogP contribution in [0, 0.1) is 29.8 Å². The maximum Gasteiger partial charge on any atom is 0.416 e. The lowest BCUT2D eigenvalue weighted by molar-refractivity contribution is -0.387. The van der Waals surface area contributed by atoms with Gasteiger partial charge in [0.2, 0.25) is 5.71 Å². The first kappa shape index (κ1) is 20.2. The minimum absolute atomic E-state index is 0.0299. The molecule has 0 aliphatic carbocycles. The molecule has 0 radical (unpaired) electrons. The van der Waals surface area contributed by atoms with E-state index >= 15 is 0 Å². The number of benzene rings is 1. The number of halogens is 3. The third-order valence-electron chi connectivity index (χ3n) is 4.40. The van der Waals surface area contributed by atoms with Crippen LogP contribution in [0.25, 0.3) is 11.1 Å². The molecule has 29 heavy (non-hydrogen) atoms. The van der Waals surface area contributed by atoms with E-state index in [9.17, 15) is 28.1 Å². The number of anilines is 1. The summed E-state index contributed by atoms with van der Waals surface area (Å²) in [6, 6.07) is 2.79. The predicted octanol–water partition coefficient (Wildman–Crippen LogP) is 4.36. The summed E-state index contributed by atoms with van der Waals surface area (Å²) in [5.41, 5.74) is -2.92. The van der Waals surface area contributed by atoms with Gasteiger partial charge in [-0.3, -0.25) is 10.1 Å². The Morgan fingerprint density at radius 3 is 2.48 bits per heavy atom. The number of aryl methyl sites for hydroxylation is 2. The molecule has 2 aromatic heterocycles. The highest BCUT2D eigenvalue weighted by Gasteiger charge is 2.26. The van der Waals surface area contributed by atoms with Gasteiger partial charge >= 0.3 is 11.3 Å². The van der Waals surface area contributed by atoms with Crippen molar-refractivity contribution in [2.75, 3.05) is 5.32 Å². The Hall–Kier alpha value is -3.50. The topological polar surface area (TPSA) is 111 Å². The Bertz CT molecular complexity index is 1180. The fraction of sp³-hybridized carbons (Fsp3) is 0.278. The minimum atomic E-state index is -2.98. The highest BCUT2D eigenvalue weighted by atomic mass is 19.3. The lowest BCUT2D eigenvalue weighted by atomic mass is 10.0. The van der Waals surface area contributed by atoms with E-state index in [-0.39, 0.29) is 33.9 Å². The number of fused-ring (bicyclic) bond motifs is 1. The van der Waals surface area contributed by atoms with E-state index in [0.29, 0.717) is 0 Å². The quantitative estimate of drug-likeness (QED) is 0.493. The van der Waals surface area contributed by atoms with Crippen molar-refractivity contribution in [1.82, 2.24) is 9.97 Å². The molecule has 0 bridgehead atoms. The largest absolute Gasteiger partial charge is 0.416 e. The standard InChI is InChI=1S/C18H15F3N4O4/c1-7-12-16(22-8(2)10-5-4-6-11(13(10)19)15(20)21)23-9(3)24-17(12)29-18(26)14(7)25(27)28/h4-6,8,15H,1-3H3,(H,22,23,24)/t8-/m1/s1. The van der Waals surface area contributed by atoms with Crippen molar-refractivity contribution in [3.05, 3.63) is 67.1 Å². The van der Waals surface area contributed by atoms with E-state index in [2.05, 4.69) is 15.3 Å². The van der Waals surface area contributed by atoms with E-state index in [0.717, 1.165) is 6.07 Å². The highest BCUT2D eigenvalue weighted by molar-refractivity contribution is 5.90. The third-order valence-corrected chi connectivity index (χ3v) is 4.40. The Morgan fingerprint density at radius 1 is 1.21 bits per heavy atom. The third kappa shape index (κ3) is 3.62. The molecule has 0 spiro atoms. The Balaban J connectivity index is 2.16. The van der Waals surface area contributed by atoms with E-state index in [1.165, 1.54) is 32.9 Å². The molecule has 0 aliphatic rings. The summed E-state index contributed by atoms with van der Waals surface area (Å²) in [7, 11) is 0. The zero-order valence-electron chi connectivity index (χ0n) is 15.5. The summed E-state index contributed by atoms with van der Waals surface area (Å²) >= 11 is 0. The van der Waals surface area contributed by atoms with Crippen molar-refractivity contribution in [1.29, 1.82) is 0 Å². The SMILES string of the molecule is Cc1nc(N[C@H](C)c2cccc(C(F)F)c2F)c2c(C)c([N+](=O)[O-])c(=O)oc2n1. The maximum absolute atomic E-state index is 14.5. The van der Waals surface area contributed by atoms with Gasteiger partial charge in [-0.25, -0.2) is 22.9 Å². The van der Waals surface area contributed by atoms with Gasteiger partial charge in [-0.15, -0.1) is 0 Å². The van der Waals surface area contributed by atoms with Gasteiger partial charge in [0.1, 0.15) is 17.5 Å². The van der Waals surface area contributed by atoms with Gasteiger partial charge in [0.25, 0.3) is 6.43 Å². The normalized spacial score (nSPS) is 12.4. The van der Waals surface area contributed by atoms with Crippen molar-refractivity contribution in [2.24, 2.45) is 0 Å². The first-order valence-electron chi connectivity index (χ1n) is 8.41. The molecule has 1 atom stereocenters. The van der Waals surface area contributed by atoms with Crippen molar-refractivity contribution < 1.29 is 22.5 Å². The Morgan fingerprint density at radius 2 is 1.86 bits per heavy atom. The van der Waals surface area contributed by atoms with Gasteiger partial charge in [-0.1, -0.05) is 18.2 Å². The number of nitro groups is 1. The number of hydrogen-bond donors (Lipinski definition) is 1. The molecule has 0 amide bonds. The molecule has 1 aromatic carbocycles. The smallest absolute Gasteiger partial charge is 0.398 e. The van der Waals surface area contributed by atoms with Crippen molar-refractivity contribution in [2.45, 2.75) is 33.2 Å². The second-order valence-electron chi connectivity index (χ2n) is 6.34. The molecule has 8 nitrogen and oxygen atoms in total. The molecular formula is C18H15F3N4O4. The lowest BCUT2D eigenvalue weighted by Gasteiger charge is -2.18.